The summed E-state index contributed by atoms with van der Waals surface area (Å²) in [6, 6.07) is 5.09. The Balaban J connectivity index is 2.00. The number of rotatable bonds is 4. The van der Waals surface area contributed by atoms with Crippen LogP contribution in [0.1, 0.15) is 17.1 Å². The van der Waals surface area contributed by atoms with Gasteiger partial charge >= 0.3 is 6.18 Å². The normalized spacial score (nSPS) is 11.6. The fourth-order valence-corrected chi connectivity index (χ4v) is 2.08. The maximum absolute atomic E-state index is 12.3. The molecule has 2 aromatic rings. The predicted molar refractivity (Wildman–Crippen MR) is 64.6 cm³/mol. The van der Waals surface area contributed by atoms with Crippen LogP contribution in [-0.2, 0) is 19.3 Å². The number of halogens is 3. The van der Waals surface area contributed by atoms with E-state index in [4.69, 9.17) is 5.11 Å². The van der Waals surface area contributed by atoms with E-state index in [1.165, 1.54) is 0 Å². The van der Waals surface area contributed by atoms with E-state index in [2.05, 4.69) is 15.3 Å². The summed E-state index contributed by atoms with van der Waals surface area (Å²) in [5.74, 6) is 0. The molecule has 2 N–H and O–H groups in total. The Morgan fingerprint density at radius 1 is 1.21 bits per heavy atom. The van der Waals surface area contributed by atoms with Crippen molar-refractivity contribution in [2.75, 3.05) is 5.32 Å². The molecule has 0 radical (unpaired) electrons. The zero-order chi connectivity index (χ0) is 13.9. The van der Waals surface area contributed by atoms with Crippen molar-refractivity contribution in [2.24, 2.45) is 0 Å². The Morgan fingerprint density at radius 2 is 1.95 bits per heavy atom. The summed E-state index contributed by atoms with van der Waals surface area (Å²) in [7, 11) is 0. The lowest BCUT2D eigenvalue weighted by molar-refractivity contribution is -0.140. The molecule has 0 atom stereocenters. The Kier molecular flexibility index (Phi) is 4.01. The van der Waals surface area contributed by atoms with Gasteiger partial charge in [0.15, 0.2) is 10.8 Å². The van der Waals surface area contributed by atoms with Gasteiger partial charge in [0, 0.05) is 5.38 Å². The first-order valence-corrected chi connectivity index (χ1v) is 6.19. The minimum atomic E-state index is -4.43. The number of nitrogens with zero attached hydrogens (tertiary/aromatic N) is 2. The van der Waals surface area contributed by atoms with Gasteiger partial charge in [0.1, 0.15) is 0 Å². The lowest BCUT2D eigenvalue weighted by Gasteiger charge is -2.04. The van der Waals surface area contributed by atoms with E-state index in [0.29, 0.717) is 11.4 Å². The van der Waals surface area contributed by atoms with Gasteiger partial charge in [-0.15, -0.1) is 11.3 Å². The molecule has 0 spiro atoms. The molecule has 2 aromatic heterocycles. The molecule has 0 fully saturated rings. The van der Waals surface area contributed by atoms with Crippen molar-refractivity contribution in [3.63, 3.8) is 0 Å². The van der Waals surface area contributed by atoms with Crippen molar-refractivity contribution in [2.45, 2.75) is 19.3 Å². The van der Waals surface area contributed by atoms with Crippen molar-refractivity contribution in [1.29, 1.82) is 0 Å². The Bertz CT molecular complexity index is 556. The van der Waals surface area contributed by atoms with Crippen LogP contribution in [0.15, 0.2) is 23.6 Å². The highest BCUT2D eigenvalue weighted by Gasteiger charge is 2.33. The van der Waals surface area contributed by atoms with Crippen LogP contribution < -0.4 is 5.32 Å². The maximum Gasteiger partial charge on any atom is 0.434 e. The first kappa shape index (κ1) is 13.8. The topological polar surface area (TPSA) is 58.0 Å². The van der Waals surface area contributed by atoms with Crippen LogP contribution in [-0.4, -0.2) is 15.1 Å². The van der Waals surface area contributed by atoms with E-state index in [-0.39, 0.29) is 18.3 Å². The molecule has 0 aliphatic heterocycles. The predicted octanol–water partition coefficient (Wildman–Crippen LogP) is 2.66. The number of aliphatic hydroxyl groups is 1. The third-order valence-corrected chi connectivity index (χ3v) is 3.04. The molecular weight excluding hydrogens is 279 g/mol. The van der Waals surface area contributed by atoms with Crippen LogP contribution in [0.5, 0.6) is 0 Å². The standard InChI is InChI=1S/C11H10F3N3OS/c12-11(13,14)9-6-19-10(17-9)15-4-7-2-1-3-8(5-18)16-7/h1-3,6,18H,4-5H2,(H,15,17). The van der Waals surface area contributed by atoms with E-state index < -0.39 is 11.9 Å². The number of hydrogen-bond acceptors (Lipinski definition) is 5. The molecule has 0 aromatic carbocycles. The highest BCUT2D eigenvalue weighted by Crippen LogP contribution is 2.31. The van der Waals surface area contributed by atoms with Gasteiger partial charge in [0.25, 0.3) is 0 Å². The molecule has 0 unspecified atom stereocenters. The van der Waals surface area contributed by atoms with Crippen LogP contribution in [0, 0.1) is 0 Å². The summed E-state index contributed by atoms with van der Waals surface area (Å²) in [5.41, 5.74) is 0.224. The zero-order valence-corrected chi connectivity index (χ0v) is 10.4. The Labute approximate surface area is 111 Å². The molecule has 2 heterocycles. The lowest BCUT2D eigenvalue weighted by atomic mass is 10.3. The van der Waals surface area contributed by atoms with E-state index in [1.807, 2.05) is 0 Å². The van der Waals surface area contributed by atoms with E-state index >= 15 is 0 Å². The first-order valence-electron chi connectivity index (χ1n) is 5.31. The van der Waals surface area contributed by atoms with E-state index in [0.717, 1.165) is 16.7 Å². The van der Waals surface area contributed by atoms with Gasteiger partial charge in [-0.1, -0.05) is 6.07 Å². The average molecular weight is 289 g/mol. The van der Waals surface area contributed by atoms with Crippen molar-refractivity contribution in [3.8, 4) is 0 Å². The number of pyridine rings is 1. The fraction of sp³-hybridized carbons (Fsp3) is 0.273. The summed E-state index contributed by atoms with van der Waals surface area (Å²) in [5, 5.41) is 12.8. The molecule has 8 heteroatoms. The quantitative estimate of drug-likeness (QED) is 0.908. The molecule has 102 valence electrons. The van der Waals surface area contributed by atoms with Gasteiger partial charge in [-0.05, 0) is 12.1 Å². The maximum atomic E-state index is 12.3. The van der Waals surface area contributed by atoms with Gasteiger partial charge in [-0.3, -0.25) is 4.98 Å². The van der Waals surface area contributed by atoms with Crippen molar-refractivity contribution in [1.82, 2.24) is 9.97 Å². The first-order chi connectivity index (χ1) is 8.99. The highest BCUT2D eigenvalue weighted by molar-refractivity contribution is 7.13. The number of alkyl halides is 3. The summed E-state index contributed by atoms with van der Waals surface area (Å²) in [4.78, 5) is 7.55. The van der Waals surface area contributed by atoms with Gasteiger partial charge in [-0.2, -0.15) is 13.2 Å². The van der Waals surface area contributed by atoms with Crippen LogP contribution in [0.3, 0.4) is 0 Å². The summed E-state index contributed by atoms with van der Waals surface area (Å²) >= 11 is 0.886. The van der Waals surface area contributed by atoms with Gasteiger partial charge in [-0.25, -0.2) is 4.98 Å². The lowest BCUT2D eigenvalue weighted by Crippen LogP contribution is -2.07. The number of thiazole rings is 1. The second kappa shape index (κ2) is 5.54. The third kappa shape index (κ3) is 3.65. The molecule has 19 heavy (non-hydrogen) atoms. The molecule has 0 aliphatic carbocycles. The van der Waals surface area contributed by atoms with Crippen molar-refractivity contribution < 1.29 is 18.3 Å². The highest BCUT2D eigenvalue weighted by atomic mass is 32.1. The number of nitrogens with one attached hydrogen (secondary N) is 1. The molecule has 0 saturated carbocycles. The molecular formula is C11H10F3N3OS. The van der Waals surface area contributed by atoms with E-state index in [9.17, 15) is 13.2 Å². The molecule has 0 aliphatic rings. The summed E-state index contributed by atoms with van der Waals surface area (Å²) < 4.78 is 37.0. The van der Waals surface area contributed by atoms with Crippen molar-refractivity contribution >= 4 is 16.5 Å². The fourth-order valence-electron chi connectivity index (χ4n) is 1.37. The molecule has 0 bridgehead atoms. The summed E-state index contributed by atoms with van der Waals surface area (Å²) in [6.07, 6.45) is -4.43. The minimum absolute atomic E-state index is 0.177. The monoisotopic (exact) mass is 289 g/mol. The van der Waals surface area contributed by atoms with Crippen LogP contribution >= 0.6 is 11.3 Å². The second-order valence-corrected chi connectivity index (χ2v) is 4.53. The SMILES string of the molecule is OCc1cccc(CNc2nc(C(F)(F)F)cs2)n1. The number of hydrogen-bond donors (Lipinski definition) is 2. The van der Waals surface area contributed by atoms with Crippen molar-refractivity contribution in [3.05, 3.63) is 40.7 Å². The minimum Gasteiger partial charge on any atom is -0.390 e. The smallest absolute Gasteiger partial charge is 0.390 e. The molecule has 2 rings (SSSR count). The number of anilines is 1. The number of aliphatic hydroxyl groups excluding tert-OH is 1. The number of aromatic nitrogens is 2. The third-order valence-electron chi connectivity index (χ3n) is 2.24. The molecule has 0 saturated heterocycles. The molecule has 0 amide bonds. The van der Waals surface area contributed by atoms with Gasteiger partial charge in [0.05, 0.1) is 24.5 Å². The van der Waals surface area contributed by atoms with Gasteiger partial charge in [0.2, 0.25) is 0 Å². The Hall–Kier alpha value is -1.67. The van der Waals surface area contributed by atoms with Crippen LogP contribution in [0.25, 0.3) is 0 Å². The summed E-state index contributed by atoms with van der Waals surface area (Å²) in [6.45, 7) is 0.0714. The molecule has 4 nitrogen and oxygen atoms in total. The van der Waals surface area contributed by atoms with Gasteiger partial charge < -0.3 is 10.4 Å². The van der Waals surface area contributed by atoms with Crippen LogP contribution in [0.2, 0.25) is 0 Å². The largest absolute Gasteiger partial charge is 0.434 e. The average Bonchev–Trinajstić information content (AvgIpc) is 2.85. The Morgan fingerprint density at radius 3 is 2.58 bits per heavy atom. The van der Waals surface area contributed by atoms with Crippen LogP contribution in [0.4, 0.5) is 18.3 Å². The van der Waals surface area contributed by atoms with E-state index in [1.54, 1.807) is 18.2 Å². The second-order valence-electron chi connectivity index (χ2n) is 3.67. The zero-order valence-electron chi connectivity index (χ0n) is 9.61.